The van der Waals surface area contributed by atoms with Gasteiger partial charge in [0.2, 0.25) is 5.89 Å². The highest BCUT2D eigenvalue weighted by Gasteiger charge is 2.23. The molecule has 0 spiro atoms. The van der Waals surface area contributed by atoms with Gasteiger partial charge in [0.15, 0.2) is 5.58 Å². The van der Waals surface area contributed by atoms with Crippen LogP contribution in [0, 0.1) is 0 Å². The molecular weight excluding hydrogens is 240 g/mol. The van der Waals surface area contributed by atoms with Crippen molar-refractivity contribution in [3.8, 4) is 0 Å². The molecule has 4 nitrogen and oxygen atoms in total. The SMILES string of the molecule is OCCC1CCCCN1Cc1nc2ccccc2o1. The van der Waals surface area contributed by atoms with Crippen LogP contribution in [-0.4, -0.2) is 34.2 Å². The highest BCUT2D eigenvalue weighted by Crippen LogP contribution is 2.23. The first-order valence-electron chi connectivity index (χ1n) is 7.06. The van der Waals surface area contributed by atoms with Crippen LogP contribution >= 0.6 is 0 Å². The van der Waals surface area contributed by atoms with E-state index in [9.17, 15) is 0 Å². The van der Waals surface area contributed by atoms with Crippen LogP contribution in [0.5, 0.6) is 0 Å². The number of benzene rings is 1. The van der Waals surface area contributed by atoms with Gasteiger partial charge in [0.25, 0.3) is 0 Å². The molecule has 0 saturated carbocycles. The Morgan fingerprint density at radius 3 is 3.05 bits per heavy atom. The minimum Gasteiger partial charge on any atom is -0.439 e. The summed E-state index contributed by atoms with van der Waals surface area (Å²) in [6, 6.07) is 8.34. The third-order valence-corrected chi connectivity index (χ3v) is 3.89. The molecular formula is C15H20N2O2. The Morgan fingerprint density at radius 2 is 2.21 bits per heavy atom. The first-order chi connectivity index (χ1) is 9.36. The molecule has 1 saturated heterocycles. The van der Waals surface area contributed by atoms with E-state index in [-0.39, 0.29) is 6.61 Å². The highest BCUT2D eigenvalue weighted by atomic mass is 16.3. The third kappa shape index (κ3) is 2.80. The lowest BCUT2D eigenvalue weighted by Crippen LogP contribution is -2.39. The average Bonchev–Trinajstić information content (AvgIpc) is 2.83. The maximum Gasteiger partial charge on any atom is 0.209 e. The molecule has 1 N–H and O–H groups in total. The highest BCUT2D eigenvalue weighted by molar-refractivity contribution is 5.72. The number of hydrogen-bond acceptors (Lipinski definition) is 4. The summed E-state index contributed by atoms with van der Waals surface area (Å²) >= 11 is 0. The van der Waals surface area contributed by atoms with Crippen LogP contribution in [0.25, 0.3) is 11.1 Å². The van der Waals surface area contributed by atoms with E-state index in [2.05, 4.69) is 9.88 Å². The number of aliphatic hydroxyl groups is 1. The maximum absolute atomic E-state index is 9.15. The molecule has 4 heteroatoms. The molecule has 2 aromatic rings. The van der Waals surface area contributed by atoms with Crippen molar-refractivity contribution in [3.63, 3.8) is 0 Å². The minimum atomic E-state index is 0.259. The van der Waals surface area contributed by atoms with Crippen molar-refractivity contribution >= 4 is 11.1 Å². The second kappa shape index (κ2) is 5.72. The van der Waals surface area contributed by atoms with Gasteiger partial charge in [-0.05, 0) is 37.9 Å². The van der Waals surface area contributed by atoms with E-state index < -0.39 is 0 Å². The van der Waals surface area contributed by atoms with Gasteiger partial charge in [-0.15, -0.1) is 0 Å². The Morgan fingerprint density at radius 1 is 1.32 bits per heavy atom. The Balaban J connectivity index is 1.75. The molecule has 0 amide bonds. The lowest BCUT2D eigenvalue weighted by molar-refractivity contribution is 0.104. The van der Waals surface area contributed by atoms with E-state index in [0.29, 0.717) is 6.04 Å². The Hall–Kier alpha value is -1.39. The molecule has 1 unspecified atom stereocenters. The molecule has 0 radical (unpaired) electrons. The second-order valence-corrected chi connectivity index (χ2v) is 5.21. The van der Waals surface area contributed by atoms with Gasteiger partial charge in [0.1, 0.15) is 5.52 Å². The van der Waals surface area contributed by atoms with Gasteiger partial charge in [-0.3, -0.25) is 4.90 Å². The number of piperidine rings is 1. The topological polar surface area (TPSA) is 49.5 Å². The fourth-order valence-electron chi connectivity index (χ4n) is 2.91. The number of fused-ring (bicyclic) bond motifs is 1. The number of rotatable bonds is 4. The number of aromatic nitrogens is 1. The molecule has 1 aromatic heterocycles. The van der Waals surface area contributed by atoms with Crippen LogP contribution in [0.3, 0.4) is 0 Å². The summed E-state index contributed by atoms with van der Waals surface area (Å²) < 4.78 is 5.78. The molecule has 0 aliphatic carbocycles. The Kier molecular flexibility index (Phi) is 3.80. The number of oxazole rings is 1. The molecule has 19 heavy (non-hydrogen) atoms. The molecule has 1 aliphatic heterocycles. The number of nitrogens with zero attached hydrogens (tertiary/aromatic N) is 2. The number of likely N-dealkylation sites (tertiary alicyclic amines) is 1. The lowest BCUT2D eigenvalue weighted by atomic mass is 10.00. The van der Waals surface area contributed by atoms with Crippen molar-refractivity contribution in [3.05, 3.63) is 30.2 Å². The standard InChI is InChI=1S/C15H20N2O2/c18-10-8-12-5-3-4-9-17(12)11-15-16-13-6-1-2-7-14(13)19-15/h1-2,6-7,12,18H,3-5,8-11H2. The molecule has 1 fully saturated rings. The van der Waals surface area contributed by atoms with Crippen LogP contribution < -0.4 is 0 Å². The quantitative estimate of drug-likeness (QED) is 0.918. The van der Waals surface area contributed by atoms with Crippen LogP contribution in [0.2, 0.25) is 0 Å². The molecule has 1 aromatic carbocycles. The van der Waals surface area contributed by atoms with Crippen molar-refractivity contribution in [2.24, 2.45) is 0 Å². The second-order valence-electron chi connectivity index (χ2n) is 5.21. The van der Waals surface area contributed by atoms with Crippen molar-refractivity contribution in [1.82, 2.24) is 9.88 Å². The Bertz CT molecular complexity index is 503. The summed E-state index contributed by atoms with van der Waals surface area (Å²) in [6.07, 6.45) is 4.50. The fourth-order valence-corrected chi connectivity index (χ4v) is 2.91. The largest absolute Gasteiger partial charge is 0.439 e. The Labute approximate surface area is 113 Å². The van der Waals surface area contributed by atoms with Crippen LogP contribution in [0.1, 0.15) is 31.6 Å². The van der Waals surface area contributed by atoms with E-state index in [1.54, 1.807) is 0 Å². The van der Waals surface area contributed by atoms with Gasteiger partial charge in [-0.1, -0.05) is 18.6 Å². The van der Waals surface area contributed by atoms with Crippen molar-refractivity contribution in [2.75, 3.05) is 13.2 Å². The molecule has 102 valence electrons. The van der Waals surface area contributed by atoms with Crippen LogP contribution in [0.15, 0.2) is 28.7 Å². The van der Waals surface area contributed by atoms with E-state index in [4.69, 9.17) is 9.52 Å². The summed E-state index contributed by atoms with van der Waals surface area (Å²) in [4.78, 5) is 6.92. The van der Waals surface area contributed by atoms with Crippen LogP contribution in [0.4, 0.5) is 0 Å². The summed E-state index contributed by atoms with van der Waals surface area (Å²) in [5.74, 6) is 0.783. The number of hydrogen-bond donors (Lipinski definition) is 1. The minimum absolute atomic E-state index is 0.259. The summed E-state index contributed by atoms with van der Waals surface area (Å²) in [5, 5.41) is 9.15. The molecule has 3 rings (SSSR count). The summed E-state index contributed by atoms with van der Waals surface area (Å²) in [5.41, 5.74) is 1.78. The first-order valence-corrected chi connectivity index (χ1v) is 7.06. The van der Waals surface area contributed by atoms with Crippen molar-refractivity contribution in [2.45, 2.75) is 38.3 Å². The predicted molar refractivity (Wildman–Crippen MR) is 73.8 cm³/mol. The van der Waals surface area contributed by atoms with Gasteiger partial charge in [-0.25, -0.2) is 4.98 Å². The van der Waals surface area contributed by atoms with E-state index in [1.807, 2.05) is 24.3 Å². The number of aliphatic hydroxyl groups excluding tert-OH is 1. The van der Waals surface area contributed by atoms with Gasteiger partial charge < -0.3 is 9.52 Å². The zero-order valence-corrected chi connectivity index (χ0v) is 11.1. The lowest BCUT2D eigenvalue weighted by Gasteiger charge is -2.34. The van der Waals surface area contributed by atoms with E-state index >= 15 is 0 Å². The molecule has 0 bridgehead atoms. The fraction of sp³-hybridized carbons (Fsp3) is 0.533. The van der Waals surface area contributed by atoms with Gasteiger partial charge in [0.05, 0.1) is 6.54 Å². The predicted octanol–water partition coefficient (Wildman–Crippen LogP) is 2.56. The molecule has 2 heterocycles. The first kappa shape index (κ1) is 12.6. The summed E-state index contributed by atoms with van der Waals surface area (Å²) in [7, 11) is 0. The van der Waals surface area contributed by atoms with Gasteiger partial charge in [-0.2, -0.15) is 0 Å². The third-order valence-electron chi connectivity index (χ3n) is 3.89. The van der Waals surface area contributed by atoms with Crippen LogP contribution in [-0.2, 0) is 6.54 Å². The normalized spacial score (nSPS) is 21.0. The van der Waals surface area contributed by atoms with E-state index in [0.717, 1.165) is 36.5 Å². The molecule has 1 atom stereocenters. The maximum atomic E-state index is 9.15. The summed E-state index contributed by atoms with van der Waals surface area (Å²) in [6.45, 7) is 2.08. The average molecular weight is 260 g/mol. The van der Waals surface area contributed by atoms with Crippen molar-refractivity contribution in [1.29, 1.82) is 0 Å². The van der Waals surface area contributed by atoms with Crippen molar-refractivity contribution < 1.29 is 9.52 Å². The number of para-hydroxylation sites is 2. The smallest absolute Gasteiger partial charge is 0.209 e. The van der Waals surface area contributed by atoms with Gasteiger partial charge >= 0.3 is 0 Å². The zero-order valence-electron chi connectivity index (χ0n) is 11.1. The van der Waals surface area contributed by atoms with Gasteiger partial charge in [0, 0.05) is 12.6 Å². The zero-order chi connectivity index (χ0) is 13.1. The molecule has 1 aliphatic rings. The van der Waals surface area contributed by atoms with E-state index in [1.165, 1.54) is 19.3 Å². The monoisotopic (exact) mass is 260 g/mol.